The molecule has 3 atom stereocenters. The zero-order valence-corrected chi connectivity index (χ0v) is 13.3. The summed E-state index contributed by atoms with van der Waals surface area (Å²) in [5, 5.41) is 0. The predicted octanol–water partition coefficient (Wildman–Crippen LogP) is 2.11. The maximum Gasteiger partial charge on any atom is 0.419 e. The van der Waals surface area contributed by atoms with Gasteiger partial charge in [0.2, 0.25) is 15.6 Å². The van der Waals surface area contributed by atoms with E-state index >= 15 is 0 Å². The highest BCUT2D eigenvalue weighted by Crippen LogP contribution is 2.55. The molecule has 0 aromatic heterocycles. The third-order valence-electron chi connectivity index (χ3n) is 4.48. The van der Waals surface area contributed by atoms with Gasteiger partial charge in [0, 0.05) is 12.0 Å². The van der Waals surface area contributed by atoms with E-state index in [1.807, 2.05) is 0 Å². The number of fused-ring (bicyclic) bond motifs is 2. The molecular weight excluding hydrogens is 347 g/mol. The second kappa shape index (κ2) is 5.32. The van der Waals surface area contributed by atoms with Crippen molar-refractivity contribution in [2.75, 3.05) is 7.11 Å². The van der Waals surface area contributed by atoms with Crippen LogP contribution in [0.1, 0.15) is 6.42 Å². The van der Waals surface area contributed by atoms with Gasteiger partial charge in [-0.15, -0.1) is 0 Å². The number of nitrogens with zero attached hydrogens (tertiary/aromatic N) is 1. The van der Waals surface area contributed by atoms with Crippen LogP contribution in [0.3, 0.4) is 0 Å². The number of hydrogen-bond acceptors (Lipinski definition) is 4. The van der Waals surface area contributed by atoms with Gasteiger partial charge in [0.15, 0.2) is 0 Å². The number of esters is 1. The summed E-state index contributed by atoms with van der Waals surface area (Å²) >= 11 is 0. The number of carbonyl (C=O) groups is 1. The monoisotopic (exact) mass is 361 g/mol. The van der Waals surface area contributed by atoms with Crippen LogP contribution >= 0.6 is 0 Å². The Hall–Kier alpha value is -1.87. The number of carbonyl (C=O) groups excluding carboxylic acids is 1. The highest BCUT2D eigenvalue weighted by atomic mass is 32.2. The van der Waals surface area contributed by atoms with Gasteiger partial charge >= 0.3 is 12.1 Å². The molecule has 0 amide bonds. The van der Waals surface area contributed by atoms with Crippen molar-refractivity contribution in [2.24, 2.45) is 5.92 Å². The number of rotatable bonds is 3. The zero-order chi connectivity index (χ0) is 17.8. The van der Waals surface area contributed by atoms with Gasteiger partial charge in [-0.05, 0) is 18.6 Å². The smallest absolute Gasteiger partial charge is 0.419 e. The number of methoxy groups -OCH3 is 1. The number of halogens is 3. The standard InChI is InChI=1S/C15H14F3NO4S/c1-23-13(20)14(15(16,17)18)10-7-8-11(9-10)19(14)24(21,22)12-5-3-2-4-6-12/h2-8,10-11H,9H2,1H3/t10-,11-,14-/m0/s1. The Labute approximate surface area is 136 Å². The Morgan fingerprint density at radius 1 is 1.25 bits per heavy atom. The summed E-state index contributed by atoms with van der Waals surface area (Å²) in [6.45, 7) is 0. The van der Waals surface area contributed by atoms with Crippen LogP contribution in [-0.2, 0) is 19.6 Å². The fourth-order valence-corrected chi connectivity index (χ4v) is 5.44. The van der Waals surface area contributed by atoms with Crippen LogP contribution in [0.5, 0.6) is 0 Å². The molecule has 5 nitrogen and oxygen atoms in total. The van der Waals surface area contributed by atoms with E-state index in [1.165, 1.54) is 36.4 Å². The largest absolute Gasteiger partial charge is 0.467 e. The summed E-state index contributed by atoms with van der Waals surface area (Å²) in [7, 11) is -3.74. The molecule has 0 saturated carbocycles. The van der Waals surface area contributed by atoms with Crippen molar-refractivity contribution in [3.8, 4) is 0 Å². The molecule has 0 radical (unpaired) electrons. The van der Waals surface area contributed by atoms with Crippen LogP contribution in [0.4, 0.5) is 13.2 Å². The fraction of sp³-hybridized carbons (Fsp3) is 0.400. The topological polar surface area (TPSA) is 63.7 Å². The first kappa shape index (κ1) is 17.0. The number of ether oxygens (including phenoxy) is 1. The molecule has 2 aliphatic rings. The van der Waals surface area contributed by atoms with E-state index in [9.17, 15) is 26.4 Å². The highest BCUT2D eigenvalue weighted by molar-refractivity contribution is 7.89. The molecule has 1 aliphatic carbocycles. The van der Waals surface area contributed by atoms with Crippen LogP contribution in [0.25, 0.3) is 0 Å². The quantitative estimate of drug-likeness (QED) is 0.611. The van der Waals surface area contributed by atoms with Gasteiger partial charge in [0.05, 0.1) is 12.0 Å². The van der Waals surface area contributed by atoms with Crippen molar-refractivity contribution in [3.63, 3.8) is 0 Å². The lowest BCUT2D eigenvalue weighted by Gasteiger charge is -2.41. The predicted molar refractivity (Wildman–Crippen MR) is 77.3 cm³/mol. The molecule has 0 spiro atoms. The average Bonchev–Trinajstić information content (AvgIpc) is 3.14. The highest BCUT2D eigenvalue weighted by Gasteiger charge is 2.76. The van der Waals surface area contributed by atoms with E-state index in [0.717, 1.165) is 7.11 Å². The van der Waals surface area contributed by atoms with E-state index in [2.05, 4.69) is 4.74 Å². The first-order valence-electron chi connectivity index (χ1n) is 7.10. The van der Waals surface area contributed by atoms with E-state index < -0.39 is 39.7 Å². The summed E-state index contributed by atoms with van der Waals surface area (Å²) in [4.78, 5) is 11.9. The Balaban J connectivity index is 2.25. The van der Waals surface area contributed by atoms with Gasteiger partial charge in [0.25, 0.3) is 0 Å². The SMILES string of the molecule is COC(=O)[C@]1(C(F)(F)F)[C@H]2C=C[C@@H](C2)N1S(=O)(=O)c1ccccc1. The summed E-state index contributed by atoms with van der Waals surface area (Å²) in [6, 6.07) is 5.72. The first-order valence-corrected chi connectivity index (χ1v) is 8.54. The van der Waals surface area contributed by atoms with E-state index in [-0.39, 0.29) is 15.6 Å². The van der Waals surface area contributed by atoms with Gasteiger partial charge in [-0.25, -0.2) is 13.2 Å². The number of benzene rings is 1. The van der Waals surface area contributed by atoms with Crippen molar-refractivity contribution < 1.29 is 31.1 Å². The molecule has 1 aliphatic heterocycles. The van der Waals surface area contributed by atoms with Crippen molar-refractivity contribution in [1.82, 2.24) is 4.31 Å². The third-order valence-corrected chi connectivity index (χ3v) is 6.42. The summed E-state index contributed by atoms with van der Waals surface area (Å²) in [6.07, 6.45) is -2.60. The van der Waals surface area contributed by atoms with Crippen LogP contribution in [-0.4, -0.2) is 43.6 Å². The van der Waals surface area contributed by atoms with E-state index in [4.69, 9.17) is 0 Å². The lowest BCUT2D eigenvalue weighted by Crippen LogP contribution is -2.67. The van der Waals surface area contributed by atoms with Crippen LogP contribution in [0.2, 0.25) is 0 Å². The first-order chi connectivity index (χ1) is 11.2. The van der Waals surface area contributed by atoms with Crippen molar-refractivity contribution >= 4 is 16.0 Å². The lowest BCUT2D eigenvalue weighted by molar-refractivity contribution is -0.230. The molecule has 0 unspecified atom stereocenters. The lowest BCUT2D eigenvalue weighted by atomic mass is 9.85. The Kier molecular flexibility index (Phi) is 3.76. The molecule has 130 valence electrons. The number of alkyl halides is 3. The summed E-state index contributed by atoms with van der Waals surface area (Å²) < 4.78 is 72.3. The Bertz CT molecular complexity index is 791. The third kappa shape index (κ3) is 2.04. The molecule has 1 aromatic rings. The van der Waals surface area contributed by atoms with Crippen LogP contribution in [0, 0.1) is 5.92 Å². The summed E-state index contributed by atoms with van der Waals surface area (Å²) in [5.74, 6) is -2.93. The molecule has 1 heterocycles. The number of sulfonamides is 1. The molecule has 3 rings (SSSR count). The summed E-state index contributed by atoms with van der Waals surface area (Å²) in [5.41, 5.74) is -3.24. The Morgan fingerprint density at radius 3 is 2.42 bits per heavy atom. The van der Waals surface area contributed by atoms with Crippen molar-refractivity contribution in [1.29, 1.82) is 0 Å². The van der Waals surface area contributed by atoms with Crippen LogP contribution in [0.15, 0.2) is 47.4 Å². The van der Waals surface area contributed by atoms with Gasteiger partial charge in [-0.1, -0.05) is 30.4 Å². The molecule has 0 N–H and O–H groups in total. The molecular formula is C15H14F3NO4S. The molecule has 24 heavy (non-hydrogen) atoms. The maximum absolute atomic E-state index is 14.0. The minimum atomic E-state index is -5.12. The van der Waals surface area contributed by atoms with E-state index in [0.29, 0.717) is 0 Å². The van der Waals surface area contributed by atoms with Gasteiger partial charge in [0.1, 0.15) is 0 Å². The van der Waals surface area contributed by atoms with Gasteiger partial charge in [-0.2, -0.15) is 17.5 Å². The second-order valence-corrected chi connectivity index (χ2v) is 7.48. The minimum Gasteiger partial charge on any atom is -0.467 e. The maximum atomic E-state index is 14.0. The molecule has 9 heteroatoms. The molecule has 1 fully saturated rings. The minimum absolute atomic E-state index is 0.110. The van der Waals surface area contributed by atoms with Gasteiger partial charge < -0.3 is 4.74 Å². The van der Waals surface area contributed by atoms with Crippen LogP contribution < -0.4 is 0 Å². The van der Waals surface area contributed by atoms with Crippen molar-refractivity contribution in [2.45, 2.75) is 29.1 Å². The molecule has 1 saturated heterocycles. The number of hydrogen-bond donors (Lipinski definition) is 0. The van der Waals surface area contributed by atoms with Gasteiger partial charge in [-0.3, -0.25) is 0 Å². The molecule has 1 aromatic carbocycles. The Morgan fingerprint density at radius 2 is 1.88 bits per heavy atom. The van der Waals surface area contributed by atoms with E-state index in [1.54, 1.807) is 6.07 Å². The normalized spacial score (nSPS) is 29.8. The zero-order valence-electron chi connectivity index (χ0n) is 12.5. The van der Waals surface area contributed by atoms with Crippen molar-refractivity contribution in [3.05, 3.63) is 42.5 Å². The fourth-order valence-electron chi connectivity index (χ4n) is 3.51. The second-order valence-electron chi connectivity index (χ2n) is 5.66. The average molecular weight is 361 g/mol. The molecule has 2 bridgehead atoms.